The maximum Gasteiger partial charge on any atom is 0.224 e. The number of para-hydroxylation sites is 1. The molecule has 92 valence electrons. The fraction of sp³-hybridized carbons (Fsp3) is 0. The van der Waals surface area contributed by atoms with Crippen LogP contribution in [0.5, 0.6) is 0 Å². The number of benzene rings is 1. The van der Waals surface area contributed by atoms with Gasteiger partial charge in [-0.3, -0.25) is 0 Å². The lowest BCUT2D eigenvalue weighted by Crippen LogP contribution is -2.05. The molecule has 0 aliphatic rings. The highest BCUT2D eigenvalue weighted by atomic mass is 15.4. The van der Waals surface area contributed by atoms with Gasteiger partial charge in [0.15, 0.2) is 11.5 Å². The monoisotopic (exact) mass is 252 g/mol. The third kappa shape index (κ3) is 1.36. The van der Waals surface area contributed by atoms with E-state index < -0.39 is 0 Å². The van der Waals surface area contributed by atoms with E-state index in [0.29, 0.717) is 17.0 Å². The molecule has 0 saturated carbocycles. The Labute approximate surface area is 106 Å². The van der Waals surface area contributed by atoms with Gasteiger partial charge < -0.3 is 10.7 Å². The number of imidazole rings is 1. The van der Waals surface area contributed by atoms with E-state index in [1.807, 2.05) is 24.3 Å². The molecule has 0 aliphatic carbocycles. The number of nitrogen functional groups attached to an aromatic ring is 1. The van der Waals surface area contributed by atoms with Crippen molar-refractivity contribution < 1.29 is 0 Å². The van der Waals surface area contributed by atoms with Crippen molar-refractivity contribution in [3.63, 3.8) is 0 Å². The molecule has 8 nitrogen and oxygen atoms in total. The van der Waals surface area contributed by atoms with Gasteiger partial charge in [-0.15, -0.1) is 5.10 Å². The number of nitrogens with zero attached hydrogens (tertiary/aromatic N) is 6. The molecule has 0 atom stereocenters. The van der Waals surface area contributed by atoms with Crippen molar-refractivity contribution in [1.82, 2.24) is 34.9 Å². The fourth-order valence-corrected chi connectivity index (χ4v) is 2.01. The van der Waals surface area contributed by atoms with Crippen molar-refractivity contribution in [3.05, 3.63) is 30.6 Å². The summed E-state index contributed by atoms with van der Waals surface area (Å²) >= 11 is 0. The molecule has 0 unspecified atom stereocenters. The summed E-state index contributed by atoms with van der Waals surface area (Å²) in [6.07, 6.45) is 1.54. The van der Waals surface area contributed by atoms with Gasteiger partial charge in [0.25, 0.3) is 0 Å². The van der Waals surface area contributed by atoms with Crippen molar-refractivity contribution in [1.29, 1.82) is 0 Å². The van der Waals surface area contributed by atoms with Gasteiger partial charge in [0.2, 0.25) is 5.95 Å². The third-order valence-corrected chi connectivity index (χ3v) is 2.84. The zero-order valence-electron chi connectivity index (χ0n) is 9.65. The van der Waals surface area contributed by atoms with Crippen LogP contribution in [0.15, 0.2) is 30.6 Å². The van der Waals surface area contributed by atoms with Gasteiger partial charge in [-0.1, -0.05) is 17.3 Å². The summed E-state index contributed by atoms with van der Waals surface area (Å²) in [5, 5.41) is 8.20. The topological polar surface area (TPSA) is 111 Å². The molecule has 4 rings (SSSR count). The summed E-state index contributed by atoms with van der Waals surface area (Å²) in [4.78, 5) is 15.3. The summed E-state index contributed by atoms with van der Waals surface area (Å²) in [5.74, 6) is 0.683. The first-order valence-corrected chi connectivity index (χ1v) is 5.60. The van der Waals surface area contributed by atoms with E-state index in [-0.39, 0.29) is 5.95 Å². The molecule has 0 bridgehead atoms. The van der Waals surface area contributed by atoms with Crippen LogP contribution in [-0.2, 0) is 0 Å². The van der Waals surface area contributed by atoms with E-state index in [1.54, 1.807) is 11.0 Å². The second-order valence-electron chi connectivity index (χ2n) is 4.00. The van der Waals surface area contributed by atoms with Gasteiger partial charge in [-0.2, -0.15) is 14.6 Å². The molecular formula is C11H8N8. The SMILES string of the molecule is Nc1nc(-n2nnc3ccccc32)c2[nH]cnc2n1. The first-order chi connectivity index (χ1) is 9.33. The molecule has 3 heterocycles. The molecular weight excluding hydrogens is 244 g/mol. The summed E-state index contributed by atoms with van der Waals surface area (Å²) in [7, 11) is 0. The lowest BCUT2D eigenvalue weighted by molar-refractivity contribution is 0.805. The number of hydrogen-bond acceptors (Lipinski definition) is 6. The highest BCUT2D eigenvalue weighted by Crippen LogP contribution is 2.20. The van der Waals surface area contributed by atoms with Crippen molar-refractivity contribution in [2.75, 3.05) is 5.73 Å². The van der Waals surface area contributed by atoms with Crippen LogP contribution in [0.1, 0.15) is 0 Å². The zero-order valence-corrected chi connectivity index (χ0v) is 9.65. The summed E-state index contributed by atoms with van der Waals surface area (Å²) in [6.45, 7) is 0. The molecule has 0 fully saturated rings. The highest BCUT2D eigenvalue weighted by molar-refractivity contribution is 5.83. The maximum absolute atomic E-state index is 5.70. The molecule has 3 aromatic heterocycles. The van der Waals surface area contributed by atoms with Crippen molar-refractivity contribution in [3.8, 4) is 5.82 Å². The van der Waals surface area contributed by atoms with Crippen LogP contribution >= 0.6 is 0 Å². The number of fused-ring (bicyclic) bond motifs is 2. The maximum atomic E-state index is 5.70. The van der Waals surface area contributed by atoms with Crippen LogP contribution in [0, 0.1) is 0 Å². The standard InChI is InChI=1S/C11H8N8/c12-11-15-9-8(13-5-14-9)10(16-11)19-7-4-2-1-3-6(7)17-18-19/h1-5H,(H3,12,13,14,15,16). The van der Waals surface area contributed by atoms with Crippen LogP contribution in [0.2, 0.25) is 0 Å². The van der Waals surface area contributed by atoms with Crippen molar-refractivity contribution >= 4 is 28.1 Å². The summed E-state index contributed by atoms with van der Waals surface area (Å²) in [5.41, 5.74) is 8.50. The molecule has 4 aromatic rings. The van der Waals surface area contributed by atoms with Crippen LogP contribution in [0.3, 0.4) is 0 Å². The molecule has 0 saturated heterocycles. The number of hydrogen-bond donors (Lipinski definition) is 2. The Kier molecular flexibility index (Phi) is 1.82. The number of anilines is 1. The summed E-state index contributed by atoms with van der Waals surface area (Å²) < 4.78 is 1.62. The van der Waals surface area contributed by atoms with Gasteiger partial charge in [-0.05, 0) is 12.1 Å². The van der Waals surface area contributed by atoms with E-state index in [9.17, 15) is 0 Å². The van der Waals surface area contributed by atoms with Crippen molar-refractivity contribution in [2.45, 2.75) is 0 Å². The minimum atomic E-state index is 0.147. The Bertz CT molecular complexity index is 890. The third-order valence-electron chi connectivity index (χ3n) is 2.84. The average molecular weight is 252 g/mol. The second kappa shape index (κ2) is 3.48. The van der Waals surface area contributed by atoms with Crippen molar-refractivity contribution in [2.24, 2.45) is 0 Å². The smallest absolute Gasteiger partial charge is 0.224 e. The Balaban J connectivity index is 2.11. The predicted octanol–water partition coefficient (Wildman–Crippen LogP) is 0.669. The van der Waals surface area contributed by atoms with Gasteiger partial charge in [-0.25, -0.2) is 4.98 Å². The second-order valence-corrected chi connectivity index (χ2v) is 4.00. The van der Waals surface area contributed by atoms with E-state index >= 15 is 0 Å². The lowest BCUT2D eigenvalue weighted by Gasteiger charge is -2.03. The number of H-pyrrole nitrogens is 1. The molecule has 0 aliphatic heterocycles. The fourth-order valence-electron chi connectivity index (χ4n) is 2.01. The Morgan fingerprint density at radius 1 is 1.16 bits per heavy atom. The highest BCUT2D eigenvalue weighted by Gasteiger charge is 2.14. The predicted molar refractivity (Wildman–Crippen MR) is 68.5 cm³/mol. The molecule has 0 amide bonds. The Morgan fingerprint density at radius 3 is 3.00 bits per heavy atom. The van der Waals surface area contributed by atoms with Crippen LogP contribution in [0.4, 0.5) is 5.95 Å². The number of aromatic amines is 1. The number of rotatable bonds is 1. The van der Waals surface area contributed by atoms with Crippen LogP contribution < -0.4 is 5.73 Å². The number of nitrogens with one attached hydrogen (secondary N) is 1. The van der Waals surface area contributed by atoms with Crippen LogP contribution in [0.25, 0.3) is 28.0 Å². The first kappa shape index (κ1) is 9.95. The largest absolute Gasteiger partial charge is 0.368 e. The quantitative estimate of drug-likeness (QED) is 0.515. The zero-order chi connectivity index (χ0) is 12.8. The number of aromatic nitrogens is 7. The molecule has 8 heteroatoms. The van der Waals surface area contributed by atoms with Gasteiger partial charge in [0, 0.05) is 0 Å². The molecule has 0 radical (unpaired) electrons. The summed E-state index contributed by atoms with van der Waals surface area (Å²) in [6, 6.07) is 7.61. The molecule has 1 aromatic carbocycles. The van der Waals surface area contributed by atoms with Gasteiger partial charge in [0.1, 0.15) is 11.0 Å². The van der Waals surface area contributed by atoms with Gasteiger partial charge in [0.05, 0.1) is 11.8 Å². The Morgan fingerprint density at radius 2 is 2.05 bits per heavy atom. The Hall–Kier alpha value is -3.03. The molecule has 3 N–H and O–H groups in total. The molecule has 0 spiro atoms. The van der Waals surface area contributed by atoms with E-state index in [1.165, 1.54) is 0 Å². The minimum Gasteiger partial charge on any atom is -0.368 e. The normalized spacial score (nSPS) is 11.4. The minimum absolute atomic E-state index is 0.147. The average Bonchev–Trinajstić information content (AvgIpc) is 3.03. The van der Waals surface area contributed by atoms with Crippen LogP contribution in [-0.4, -0.2) is 34.9 Å². The van der Waals surface area contributed by atoms with Gasteiger partial charge >= 0.3 is 0 Å². The van der Waals surface area contributed by atoms with E-state index in [4.69, 9.17) is 5.73 Å². The first-order valence-electron chi connectivity index (χ1n) is 5.60. The lowest BCUT2D eigenvalue weighted by atomic mass is 10.3. The van der Waals surface area contributed by atoms with E-state index in [2.05, 4.69) is 30.2 Å². The number of nitrogens with two attached hydrogens (primary N) is 1. The molecule has 19 heavy (non-hydrogen) atoms. The van der Waals surface area contributed by atoms with E-state index in [0.717, 1.165) is 11.0 Å².